The highest BCUT2D eigenvalue weighted by molar-refractivity contribution is 5.87. The second-order valence-electron chi connectivity index (χ2n) is 5.85. The number of rotatable bonds is 8. The van der Waals surface area contributed by atoms with Gasteiger partial charge in [0.2, 0.25) is 18.3 Å². The van der Waals surface area contributed by atoms with Crippen molar-refractivity contribution in [1.82, 2.24) is 0 Å². The summed E-state index contributed by atoms with van der Waals surface area (Å²) in [5.41, 5.74) is 1.86. The molecule has 142 valence electrons. The fourth-order valence-corrected chi connectivity index (χ4v) is 2.85. The van der Waals surface area contributed by atoms with E-state index >= 15 is 0 Å². The smallest absolute Gasteiger partial charge is 0.330 e. The van der Waals surface area contributed by atoms with E-state index in [9.17, 15) is 4.79 Å². The quantitative estimate of drug-likeness (QED) is 0.402. The van der Waals surface area contributed by atoms with Gasteiger partial charge in [0, 0.05) is 11.6 Å². The first-order valence-corrected chi connectivity index (χ1v) is 8.66. The number of ether oxygens (including phenoxy) is 5. The van der Waals surface area contributed by atoms with Gasteiger partial charge in [-0.2, -0.15) is 0 Å². The zero-order valence-electron chi connectivity index (χ0n) is 15.4. The van der Waals surface area contributed by atoms with Crippen LogP contribution in [0.4, 0.5) is 0 Å². The number of carbonyl (C=O) groups is 1. The molecule has 3 rings (SSSR count). The van der Waals surface area contributed by atoms with Crippen LogP contribution in [0.15, 0.2) is 42.5 Å². The van der Waals surface area contributed by atoms with Gasteiger partial charge in [-0.25, -0.2) is 4.79 Å². The molecule has 0 aromatic heterocycles. The predicted molar refractivity (Wildman–Crippen MR) is 100 cm³/mol. The largest absolute Gasteiger partial charge is 0.492 e. The lowest BCUT2D eigenvalue weighted by Crippen LogP contribution is -2.04. The van der Waals surface area contributed by atoms with E-state index in [0.717, 1.165) is 11.1 Å². The minimum Gasteiger partial charge on any atom is -0.492 e. The van der Waals surface area contributed by atoms with E-state index in [2.05, 4.69) is 0 Å². The van der Waals surface area contributed by atoms with Crippen molar-refractivity contribution in [1.29, 1.82) is 0 Å². The van der Waals surface area contributed by atoms with Gasteiger partial charge in [-0.3, -0.25) is 0 Å². The SMILES string of the molecule is COc1c(CCCOC(=O)C=Cc2ccccc2)cc2c(c1OC)OCO2. The number of esters is 1. The standard InChI is InChI=1S/C21H22O6/c1-23-19-16(13-17-20(21(19)24-2)27-14-26-17)9-6-12-25-18(22)11-10-15-7-4-3-5-8-15/h3-5,7-8,10-11,13H,6,9,12,14H2,1-2H3. The Morgan fingerprint density at radius 1 is 1.11 bits per heavy atom. The molecule has 0 saturated heterocycles. The van der Waals surface area contributed by atoms with Crippen molar-refractivity contribution in [3.05, 3.63) is 53.6 Å². The highest BCUT2D eigenvalue weighted by atomic mass is 16.7. The number of carbonyl (C=O) groups excluding carboxylic acids is 1. The van der Waals surface area contributed by atoms with Gasteiger partial charge in [0.15, 0.2) is 11.5 Å². The Morgan fingerprint density at radius 3 is 2.63 bits per heavy atom. The minimum absolute atomic E-state index is 0.156. The van der Waals surface area contributed by atoms with E-state index in [1.807, 2.05) is 36.4 Å². The van der Waals surface area contributed by atoms with Crippen LogP contribution in [0.5, 0.6) is 23.0 Å². The zero-order valence-corrected chi connectivity index (χ0v) is 15.4. The number of hydrogen-bond donors (Lipinski definition) is 0. The Hall–Kier alpha value is -3.15. The van der Waals surface area contributed by atoms with Crippen molar-refractivity contribution in [2.75, 3.05) is 27.6 Å². The average Bonchev–Trinajstić information content (AvgIpc) is 3.17. The van der Waals surface area contributed by atoms with Gasteiger partial charge >= 0.3 is 5.97 Å². The molecule has 0 radical (unpaired) electrons. The molecule has 0 saturated carbocycles. The third kappa shape index (κ3) is 4.53. The number of fused-ring (bicyclic) bond motifs is 1. The fraction of sp³-hybridized carbons (Fsp3) is 0.286. The van der Waals surface area contributed by atoms with E-state index in [-0.39, 0.29) is 12.8 Å². The maximum atomic E-state index is 11.8. The van der Waals surface area contributed by atoms with Gasteiger partial charge in [0.25, 0.3) is 0 Å². The first-order valence-electron chi connectivity index (χ1n) is 8.66. The molecule has 0 spiro atoms. The predicted octanol–water partition coefficient (Wildman–Crippen LogP) is 3.62. The van der Waals surface area contributed by atoms with E-state index in [0.29, 0.717) is 42.4 Å². The summed E-state index contributed by atoms with van der Waals surface area (Å²) in [5, 5.41) is 0. The highest BCUT2D eigenvalue weighted by Crippen LogP contribution is 2.49. The summed E-state index contributed by atoms with van der Waals surface area (Å²) >= 11 is 0. The van der Waals surface area contributed by atoms with E-state index in [1.165, 1.54) is 6.08 Å². The Kier molecular flexibility index (Phi) is 6.20. The fourth-order valence-electron chi connectivity index (χ4n) is 2.85. The Morgan fingerprint density at radius 2 is 1.89 bits per heavy atom. The molecule has 6 heteroatoms. The lowest BCUT2D eigenvalue weighted by Gasteiger charge is -2.14. The molecule has 2 aromatic carbocycles. The number of aryl methyl sites for hydroxylation is 1. The highest BCUT2D eigenvalue weighted by Gasteiger charge is 2.25. The monoisotopic (exact) mass is 370 g/mol. The van der Waals surface area contributed by atoms with Crippen LogP contribution in [0.1, 0.15) is 17.5 Å². The molecule has 6 nitrogen and oxygen atoms in total. The average molecular weight is 370 g/mol. The molecule has 0 bridgehead atoms. The molecule has 0 unspecified atom stereocenters. The van der Waals surface area contributed by atoms with Crippen molar-refractivity contribution in [3.8, 4) is 23.0 Å². The third-order valence-electron chi connectivity index (χ3n) is 4.11. The van der Waals surface area contributed by atoms with Gasteiger partial charge in [0.05, 0.1) is 20.8 Å². The second kappa shape index (κ2) is 8.98. The van der Waals surface area contributed by atoms with E-state index in [1.54, 1.807) is 20.3 Å². The maximum Gasteiger partial charge on any atom is 0.330 e. The molecule has 0 fully saturated rings. The molecule has 0 aliphatic carbocycles. The second-order valence-corrected chi connectivity index (χ2v) is 5.85. The molecule has 1 heterocycles. The minimum atomic E-state index is -0.367. The molecule has 1 aliphatic rings. The first-order chi connectivity index (χ1) is 13.2. The Balaban J connectivity index is 1.55. The number of methoxy groups -OCH3 is 2. The molecular weight excluding hydrogens is 348 g/mol. The van der Waals surface area contributed by atoms with Gasteiger partial charge in [-0.1, -0.05) is 30.3 Å². The van der Waals surface area contributed by atoms with Crippen LogP contribution in [0.25, 0.3) is 6.08 Å². The molecule has 0 atom stereocenters. The summed E-state index contributed by atoms with van der Waals surface area (Å²) in [6, 6.07) is 11.5. The van der Waals surface area contributed by atoms with Crippen molar-refractivity contribution >= 4 is 12.0 Å². The molecule has 2 aromatic rings. The zero-order chi connectivity index (χ0) is 19.1. The van der Waals surface area contributed by atoms with Gasteiger partial charge in [0.1, 0.15) is 0 Å². The van der Waals surface area contributed by atoms with E-state index in [4.69, 9.17) is 23.7 Å². The normalized spacial score (nSPS) is 12.2. The van der Waals surface area contributed by atoms with Gasteiger partial charge < -0.3 is 23.7 Å². The number of hydrogen-bond acceptors (Lipinski definition) is 6. The summed E-state index contributed by atoms with van der Waals surface area (Å²) in [4.78, 5) is 11.8. The first kappa shape index (κ1) is 18.6. The summed E-state index contributed by atoms with van der Waals surface area (Å²) < 4.78 is 27.0. The van der Waals surface area contributed by atoms with Gasteiger partial charge in [-0.05, 0) is 30.5 Å². The van der Waals surface area contributed by atoms with Crippen molar-refractivity contribution in [2.45, 2.75) is 12.8 Å². The van der Waals surface area contributed by atoms with Crippen molar-refractivity contribution < 1.29 is 28.5 Å². The molecule has 1 aliphatic heterocycles. The van der Waals surface area contributed by atoms with Crippen molar-refractivity contribution in [2.24, 2.45) is 0 Å². The summed E-state index contributed by atoms with van der Waals surface area (Å²) in [7, 11) is 3.14. The van der Waals surface area contributed by atoms with Crippen LogP contribution in [0.3, 0.4) is 0 Å². The molecule has 0 amide bonds. The van der Waals surface area contributed by atoms with Crippen molar-refractivity contribution in [3.63, 3.8) is 0 Å². The van der Waals surface area contributed by atoms with Crippen LogP contribution in [-0.2, 0) is 16.0 Å². The molecule has 0 N–H and O–H groups in total. The molecular formula is C21H22O6. The lowest BCUT2D eigenvalue weighted by atomic mass is 10.1. The summed E-state index contributed by atoms with van der Waals surface area (Å²) in [6.45, 7) is 0.460. The topological polar surface area (TPSA) is 63.2 Å². The van der Waals surface area contributed by atoms with Gasteiger partial charge in [-0.15, -0.1) is 0 Å². The molecule has 27 heavy (non-hydrogen) atoms. The lowest BCUT2D eigenvalue weighted by molar-refractivity contribution is -0.137. The van der Waals surface area contributed by atoms with Crippen LogP contribution in [-0.4, -0.2) is 33.6 Å². The summed E-state index contributed by atoms with van der Waals surface area (Å²) in [5.74, 6) is 1.94. The van der Waals surface area contributed by atoms with Crippen LogP contribution in [0, 0.1) is 0 Å². The summed E-state index contributed by atoms with van der Waals surface area (Å²) in [6.07, 6.45) is 4.45. The maximum absolute atomic E-state index is 11.8. The van der Waals surface area contributed by atoms with Crippen LogP contribution < -0.4 is 18.9 Å². The Bertz CT molecular complexity index is 813. The van der Waals surface area contributed by atoms with Crippen LogP contribution in [0.2, 0.25) is 0 Å². The Labute approximate surface area is 158 Å². The number of benzene rings is 2. The van der Waals surface area contributed by atoms with Crippen LogP contribution >= 0.6 is 0 Å². The third-order valence-corrected chi connectivity index (χ3v) is 4.11. The van der Waals surface area contributed by atoms with E-state index < -0.39 is 0 Å².